The van der Waals surface area contributed by atoms with Crippen molar-refractivity contribution in [2.45, 2.75) is 6.92 Å². The summed E-state index contributed by atoms with van der Waals surface area (Å²) in [6, 6.07) is 4.22. The van der Waals surface area contributed by atoms with Crippen molar-refractivity contribution < 1.29 is 9.59 Å². The molecule has 20 heavy (non-hydrogen) atoms. The number of halogens is 2. The third-order valence-corrected chi connectivity index (χ3v) is 3.58. The Kier molecular flexibility index (Phi) is 4.59. The number of aromatic nitrogens is 1. The van der Waals surface area contributed by atoms with Gasteiger partial charge in [-0.15, -0.1) is 11.3 Å². The maximum Gasteiger partial charge on any atom is 0.325 e. The van der Waals surface area contributed by atoms with Crippen LogP contribution in [-0.4, -0.2) is 16.8 Å². The second-order valence-electron chi connectivity index (χ2n) is 3.80. The molecule has 0 bridgehead atoms. The standard InChI is InChI=1S/C12H9Cl2N3O2S/c1-6(18)10-5-20-12(16-10)17-11(19)15-9-4-7(13)2-3-8(9)14/h2-5H,1H3,(H2,15,16,17,19). The van der Waals surface area contributed by atoms with Crippen LogP contribution in [0.15, 0.2) is 23.6 Å². The van der Waals surface area contributed by atoms with Gasteiger partial charge < -0.3 is 5.32 Å². The Morgan fingerprint density at radius 3 is 2.65 bits per heavy atom. The average molecular weight is 330 g/mol. The first-order chi connectivity index (χ1) is 9.45. The largest absolute Gasteiger partial charge is 0.325 e. The van der Waals surface area contributed by atoms with Crippen LogP contribution >= 0.6 is 34.5 Å². The predicted molar refractivity (Wildman–Crippen MR) is 81.2 cm³/mol. The third-order valence-electron chi connectivity index (χ3n) is 2.26. The zero-order valence-electron chi connectivity index (χ0n) is 10.2. The topological polar surface area (TPSA) is 71.1 Å². The van der Waals surface area contributed by atoms with E-state index in [9.17, 15) is 9.59 Å². The summed E-state index contributed by atoms with van der Waals surface area (Å²) in [4.78, 5) is 26.9. The molecule has 0 saturated carbocycles. The maximum atomic E-state index is 11.8. The summed E-state index contributed by atoms with van der Waals surface area (Å²) < 4.78 is 0. The van der Waals surface area contributed by atoms with Gasteiger partial charge in [-0.3, -0.25) is 10.1 Å². The lowest BCUT2D eigenvalue weighted by molar-refractivity contribution is 0.101. The lowest BCUT2D eigenvalue weighted by atomic mass is 10.3. The normalized spacial score (nSPS) is 10.2. The molecule has 0 fully saturated rings. The zero-order valence-corrected chi connectivity index (χ0v) is 12.6. The number of ketones is 1. The fraction of sp³-hybridized carbons (Fsp3) is 0.0833. The molecule has 0 spiro atoms. The molecule has 5 nitrogen and oxygen atoms in total. The molecule has 8 heteroatoms. The van der Waals surface area contributed by atoms with Crippen LogP contribution in [0, 0.1) is 0 Å². The van der Waals surface area contributed by atoms with Crippen LogP contribution in [-0.2, 0) is 0 Å². The molecule has 0 atom stereocenters. The molecular weight excluding hydrogens is 321 g/mol. The lowest BCUT2D eigenvalue weighted by Crippen LogP contribution is -2.19. The number of hydrogen-bond acceptors (Lipinski definition) is 4. The summed E-state index contributed by atoms with van der Waals surface area (Å²) in [5, 5.41) is 7.79. The molecule has 2 amide bonds. The molecule has 0 unspecified atom stereocenters. The Hall–Kier alpha value is -1.63. The van der Waals surface area contributed by atoms with Gasteiger partial charge in [0.05, 0.1) is 10.7 Å². The molecule has 0 aliphatic rings. The summed E-state index contributed by atoms with van der Waals surface area (Å²) in [5.41, 5.74) is 0.700. The van der Waals surface area contributed by atoms with Gasteiger partial charge in [0.2, 0.25) is 0 Å². The highest BCUT2D eigenvalue weighted by atomic mass is 35.5. The van der Waals surface area contributed by atoms with E-state index in [1.807, 2.05) is 0 Å². The minimum Gasteiger partial charge on any atom is -0.306 e. The number of Topliss-reactive ketones (excluding diaryl/α,β-unsaturated/α-hetero) is 1. The number of nitrogens with one attached hydrogen (secondary N) is 2. The summed E-state index contributed by atoms with van der Waals surface area (Å²) in [5.74, 6) is -0.160. The molecule has 0 saturated heterocycles. The number of nitrogens with zero attached hydrogens (tertiary/aromatic N) is 1. The van der Waals surface area contributed by atoms with Crippen LogP contribution in [0.3, 0.4) is 0 Å². The van der Waals surface area contributed by atoms with E-state index in [4.69, 9.17) is 23.2 Å². The Bertz CT molecular complexity index is 672. The molecule has 1 heterocycles. The van der Waals surface area contributed by atoms with Crippen LogP contribution in [0.5, 0.6) is 0 Å². The Balaban J connectivity index is 2.05. The van der Waals surface area contributed by atoms with Crippen LogP contribution < -0.4 is 10.6 Å². The number of carbonyl (C=O) groups is 2. The number of urea groups is 1. The number of hydrogen-bond donors (Lipinski definition) is 2. The summed E-state index contributed by atoms with van der Waals surface area (Å²) in [6.45, 7) is 1.41. The minimum atomic E-state index is -0.515. The van der Waals surface area contributed by atoms with E-state index < -0.39 is 6.03 Å². The van der Waals surface area contributed by atoms with Gasteiger partial charge in [-0.1, -0.05) is 23.2 Å². The molecule has 1 aromatic carbocycles. The molecule has 1 aromatic heterocycles. The first-order valence-corrected chi connectivity index (χ1v) is 7.09. The number of benzene rings is 1. The van der Waals surface area contributed by atoms with Gasteiger partial charge in [-0.2, -0.15) is 0 Å². The average Bonchev–Trinajstić information content (AvgIpc) is 2.82. The molecule has 0 aliphatic heterocycles. The number of rotatable bonds is 3. The highest BCUT2D eigenvalue weighted by molar-refractivity contribution is 7.14. The van der Waals surface area contributed by atoms with Crippen LogP contribution in [0.4, 0.5) is 15.6 Å². The maximum absolute atomic E-state index is 11.8. The number of amides is 2. The van der Waals surface area contributed by atoms with Gasteiger partial charge >= 0.3 is 6.03 Å². The highest BCUT2D eigenvalue weighted by Gasteiger charge is 2.10. The van der Waals surface area contributed by atoms with E-state index in [0.29, 0.717) is 26.6 Å². The SMILES string of the molecule is CC(=O)c1csc(NC(=O)Nc2cc(Cl)ccc2Cl)n1. The molecular formula is C12H9Cl2N3O2S. The monoisotopic (exact) mass is 329 g/mol. The Morgan fingerprint density at radius 2 is 2.00 bits per heavy atom. The van der Waals surface area contributed by atoms with Crippen LogP contribution in [0.25, 0.3) is 0 Å². The highest BCUT2D eigenvalue weighted by Crippen LogP contribution is 2.25. The first-order valence-electron chi connectivity index (χ1n) is 5.45. The van der Waals surface area contributed by atoms with Gasteiger partial charge in [0.15, 0.2) is 10.9 Å². The molecule has 2 rings (SSSR count). The van der Waals surface area contributed by atoms with Gasteiger partial charge in [-0.05, 0) is 18.2 Å². The van der Waals surface area contributed by atoms with Crippen molar-refractivity contribution in [1.82, 2.24) is 4.98 Å². The Labute approximate surface area is 128 Å². The lowest BCUT2D eigenvalue weighted by Gasteiger charge is -2.07. The van der Waals surface area contributed by atoms with E-state index in [0.717, 1.165) is 11.3 Å². The minimum absolute atomic E-state index is 0.160. The van der Waals surface area contributed by atoms with Crippen molar-refractivity contribution in [1.29, 1.82) is 0 Å². The van der Waals surface area contributed by atoms with Crippen molar-refractivity contribution in [2.24, 2.45) is 0 Å². The van der Waals surface area contributed by atoms with Crippen molar-refractivity contribution in [3.05, 3.63) is 39.3 Å². The quantitative estimate of drug-likeness (QED) is 0.825. The second-order valence-corrected chi connectivity index (χ2v) is 5.50. The van der Waals surface area contributed by atoms with Crippen molar-refractivity contribution in [2.75, 3.05) is 10.6 Å². The van der Waals surface area contributed by atoms with E-state index in [-0.39, 0.29) is 5.78 Å². The fourth-order valence-corrected chi connectivity index (χ4v) is 2.42. The molecule has 104 valence electrons. The van der Waals surface area contributed by atoms with Crippen molar-refractivity contribution >= 4 is 57.2 Å². The zero-order chi connectivity index (χ0) is 14.7. The van der Waals surface area contributed by atoms with E-state index in [1.165, 1.54) is 13.0 Å². The van der Waals surface area contributed by atoms with Gasteiger partial charge in [0, 0.05) is 17.3 Å². The molecule has 2 N–H and O–H groups in total. The number of carbonyl (C=O) groups excluding carboxylic acids is 2. The summed E-state index contributed by atoms with van der Waals surface area (Å²) in [7, 11) is 0. The van der Waals surface area contributed by atoms with Crippen LogP contribution in [0.1, 0.15) is 17.4 Å². The van der Waals surface area contributed by atoms with Crippen molar-refractivity contribution in [3.8, 4) is 0 Å². The predicted octanol–water partition coefficient (Wildman–Crippen LogP) is 4.30. The van der Waals surface area contributed by atoms with E-state index in [1.54, 1.807) is 17.5 Å². The third kappa shape index (κ3) is 3.69. The second kappa shape index (κ2) is 6.21. The molecule has 0 radical (unpaired) electrons. The fourth-order valence-electron chi connectivity index (χ4n) is 1.34. The molecule has 0 aliphatic carbocycles. The van der Waals surface area contributed by atoms with Gasteiger partial charge in [0.25, 0.3) is 0 Å². The van der Waals surface area contributed by atoms with E-state index in [2.05, 4.69) is 15.6 Å². The summed E-state index contributed by atoms with van der Waals surface area (Å²) >= 11 is 12.9. The van der Waals surface area contributed by atoms with Gasteiger partial charge in [-0.25, -0.2) is 9.78 Å². The number of thiazole rings is 1. The smallest absolute Gasteiger partial charge is 0.306 e. The van der Waals surface area contributed by atoms with Crippen molar-refractivity contribution in [3.63, 3.8) is 0 Å². The van der Waals surface area contributed by atoms with Crippen LogP contribution in [0.2, 0.25) is 10.0 Å². The molecule has 2 aromatic rings. The van der Waals surface area contributed by atoms with Gasteiger partial charge in [0.1, 0.15) is 5.69 Å². The first kappa shape index (κ1) is 14.8. The number of anilines is 2. The Morgan fingerprint density at radius 1 is 1.25 bits per heavy atom. The van der Waals surface area contributed by atoms with E-state index >= 15 is 0 Å². The summed E-state index contributed by atoms with van der Waals surface area (Å²) in [6.07, 6.45) is 0.